The molecule has 0 aromatic heterocycles. The lowest BCUT2D eigenvalue weighted by atomic mass is 10.0. The molecule has 1 aliphatic rings. The molecule has 1 N–H and O–H groups in total. The molecule has 0 spiro atoms. The summed E-state index contributed by atoms with van der Waals surface area (Å²) in [6, 6.07) is 5.65. The number of nitrogens with zero attached hydrogens (tertiary/aromatic N) is 1. The second-order valence-electron chi connectivity index (χ2n) is 5.88. The zero-order valence-corrected chi connectivity index (χ0v) is 14.2. The molecular weight excluding hydrogens is 300 g/mol. The van der Waals surface area contributed by atoms with E-state index in [9.17, 15) is 4.79 Å². The maximum absolute atomic E-state index is 12.2. The molecule has 5 heteroatoms. The van der Waals surface area contributed by atoms with E-state index in [-0.39, 0.29) is 5.91 Å². The maximum atomic E-state index is 12.2. The molecule has 1 amide bonds. The fourth-order valence-electron chi connectivity index (χ4n) is 2.84. The van der Waals surface area contributed by atoms with Crippen LogP contribution in [0.15, 0.2) is 18.2 Å². The van der Waals surface area contributed by atoms with Crippen LogP contribution in [0.3, 0.4) is 0 Å². The standard InChI is InChI=1S/C17H25ClN2O2/c1-3-5-13(2)12-16(21)19-15-7-4-6-14(18)17(15)20-8-10-22-11-9-20/h4,6-7,13H,3,5,8-12H2,1-2H3,(H,19,21). The van der Waals surface area contributed by atoms with Gasteiger partial charge in [-0.2, -0.15) is 0 Å². The number of rotatable bonds is 6. The molecule has 1 aromatic rings. The fraction of sp³-hybridized carbons (Fsp3) is 0.588. The number of amides is 1. The molecule has 122 valence electrons. The van der Waals surface area contributed by atoms with Gasteiger partial charge in [-0.3, -0.25) is 4.79 Å². The summed E-state index contributed by atoms with van der Waals surface area (Å²) in [7, 11) is 0. The minimum atomic E-state index is 0.0535. The van der Waals surface area contributed by atoms with Gasteiger partial charge in [0.1, 0.15) is 0 Å². The van der Waals surface area contributed by atoms with E-state index in [1.165, 1.54) is 0 Å². The molecule has 0 radical (unpaired) electrons. The van der Waals surface area contributed by atoms with Crippen LogP contribution in [0.25, 0.3) is 0 Å². The molecule has 1 aliphatic heterocycles. The number of halogens is 1. The third-order valence-corrected chi connectivity index (χ3v) is 4.21. The lowest BCUT2D eigenvalue weighted by Crippen LogP contribution is -2.37. The van der Waals surface area contributed by atoms with E-state index < -0.39 is 0 Å². The zero-order valence-electron chi connectivity index (χ0n) is 13.4. The molecular formula is C17H25ClN2O2. The van der Waals surface area contributed by atoms with E-state index in [4.69, 9.17) is 16.3 Å². The highest BCUT2D eigenvalue weighted by Gasteiger charge is 2.19. The fourth-order valence-corrected chi connectivity index (χ4v) is 3.13. The number of hydrogen-bond donors (Lipinski definition) is 1. The molecule has 1 unspecified atom stereocenters. The van der Waals surface area contributed by atoms with Crippen LogP contribution in [0.1, 0.15) is 33.1 Å². The number of benzene rings is 1. The predicted octanol–water partition coefficient (Wildman–Crippen LogP) is 3.94. The van der Waals surface area contributed by atoms with E-state index in [1.807, 2.05) is 18.2 Å². The number of carbonyl (C=O) groups excluding carboxylic acids is 1. The summed E-state index contributed by atoms with van der Waals surface area (Å²) >= 11 is 6.37. The minimum absolute atomic E-state index is 0.0535. The van der Waals surface area contributed by atoms with Crippen LogP contribution < -0.4 is 10.2 Å². The first-order chi connectivity index (χ1) is 10.6. The van der Waals surface area contributed by atoms with Crippen molar-refractivity contribution in [2.75, 3.05) is 36.5 Å². The highest BCUT2D eigenvalue weighted by atomic mass is 35.5. The van der Waals surface area contributed by atoms with Crippen LogP contribution in [0, 0.1) is 5.92 Å². The largest absolute Gasteiger partial charge is 0.378 e. The molecule has 1 atom stereocenters. The summed E-state index contributed by atoms with van der Waals surface area (Å²) in [6.07, 6.45) is 2.72. The Kier molecular flexibility index (Phi) is 6.52. The molecule has 1 aromatic carbocycles. The Morgan fingerprint density at radius 3 is 2.82 bits per heavy atom. The number of nitrogens with one attached hydrogen (secondary N) is 1. The van der Waals surface area contributed by atoms with Crippen LogP contribution in [0.4, 0.5) is 11.4 Å². The zero-order chi connectivity index (χ0) is 15.9. The first-order valence-corrected chi connectivity index (χ1v) is 8.40. The normalized spacial score (nSPS) is 16.4. The van der Waals surface area contributed by atoms with Crippen molar-refractivity contribution < 1.29 is 9.53 Å². The van der Waals surface area contributed by atoms with E-state index in [1.54, 1.807) is 0 Å². The third kappa shape index (κ3) is 4.62. The molecule has 1 heterocycles. The van der Waals surface area contributed by atoms with Crippen molar-refractivity contribution in [2.24, 2.45) is 5.92 Å². The summed E-state index contributed by atoms with van der Waals surface area (Å²) in [5.74, 6) is 0.453. The predicted molar refractivity (Wildman–Crippen MR) is 91.8 cm³/mol. The molecule has 0 aliphatic carbocycles. The molecule has 0 bridgehead atoms. The Hall–Kier alpha value is -1.26. The number of ether oxygens (including phenoxy) is 1. The van der Waals surface area contributed by atoms with E-state index in [0.29, 0.717) is 30.6 Å². The van der Waals surface area contributed by atoms with Crippen molar-refractivity contribution in [2.45, 2.75) is 33.1 Å². The van der Waals surface area contributed by atoms with E-state index in [2.05, 4.69) is 24.1 Å². The van der Waals surface area contributed by atoms with E-state index in [0.717, 1.165) is 37.3 Å². The van der Waals surface area contributed by atoms with Gasteiger partial charge in [-0.25, -0.2) is 0 Å². The van der Waals surface area contributed by atoms with Crippen molar-refractivity contribution in [1.82, 2.24) is 0 Å². The first-order valence-electron chi connectivity index (χ1n) is 8.03. The van der Waals surface area contributed by atoms with Gasteiger partial charge in [0.2, 0.25) is 5.91 Å². The Balaban J connectivity index is 2.10. The molecule has 1 saturated heterocycles. The van der Waals surface area contributed by atoms with Crippen LogP contribution in [0.2, 0.25) is 5.02 Å². The summed E-state index contributed by atoms with van der Waals surface area (Å²) in [5, 5.41) is 3.70. The Labute approximate surface area is 137 Å². The Bertz CT molecular complexity index is 501. The second-order valence-corrected chi connectivity index (χ2v) is 6.29. The van der Waals surface area contributed by atoms with Crippen molar-refractivity contribution in [3.63, 3.8) is 0 Å². The Morgan fingerprint density at radius 1 is 1.41 bits per heavy atom. The summed E-state index contributed by atoms with van der Waals surface area (Å²) in [5.41, 5.74) is 1.70. The number of morpholine rings is 1. The smallest absolute Gasteiger partial charge is 0.224 e. The summed E-state index contributed by atoms with van der Waals surface area (Å²) in [6.45, 7) is 7.21. The monoisotopic (exact) mass is 324 g/mol. The maximum Gasteiger partial charge on any atom is 0.224 e. The Morgan fingerprint density at radius 2 is 2.14 bits per heavy atom. The molecule has 4 nitrogen and oxygen atoms in total. The van der Waals surface area contributed by atoms with Gasteiger partial charge in [-0.05, 0) is 18.1 Å². The van der Waals surface area contributed by atoms with Crippen LogP contribution in [0.5, 0.6) is 0 Å². The van der Waals surface area contributed by atoms with Gasteiger partial charge in [-0.15, -0.1) is 0 Å². The number of para-hydroxylation sites is 1. The number of anilines is 2. The molecule has 0 saturated carbocycles. The number of hydrogen-bond acceptors (Lipinski definition) is 3. The van der Waals surface area contributed by atoms with Gasteiger partial charge in [0.05, 0.1) is 29.6 Å². The van der Waals surface area contributed by atoms with Gasteiger partial charge in [-0.1, -0.05) is 44.4 Å². The average Bonchev–Trinajstić information content (AvgIpc) is 2.48. The SMILES string of the molecule is CCCC(C)CC(=O)Nc1cccc(Cl)c1N1CCOCC1. The lowest BCUT2D eigenvalue weighted by Gasteiger charge is -2.31. The van der Waals surface area contributed by atoms with Crippen LogP contribution >= 0.6 is 11.6 Å². The number of carbonyl (C=O) groups is 1. The lowest BCUT2D eigenvalue weighted by molar-refractivity contribution is -0.117. The quantitative estimate of drug-likeness (QED) is 0.861. The molecule has 22 heavy (non-hydrogen) atoms. The first kappa shape index (κ1) is 17.1. The highest BCUT2D eigenvalue weighted by Crippen LogP contribution is 2.34. The molecule has 2 rings (SSSR count). The summed E-state index contributed by atoms with van der Waals surface area (Å²) in [4.78, 5) is 14.4. The highest BCUT2D eigenvalue weighted by molar-refractivity contribution is 6.34. The van der Waals surface area contributed by atoms with Gasteiger partial charge < -0.3 is 15.0 Å². The van der Waals surface area contributed by atoms with Crippen molar-refractivity contribution in [1.29, 1.82) is 0 Å². The van der Waals surface area contributed by atoms with E-state index >= 15 is 0 Å². The van der Waals surface area contributed by atoms with Gasteiger partial charge >= 0.3 is 0 Å². The van der Waals surface area contributed by atoms with Gasteiger partial charge in [0.15, 0.2) is 0 Å². The summed E-state index contributed by atoms with van der Waals surface area (Å²) < 4.78 is 5.39. The van der Waals surface area contributed by atoms with Crippen molar-refractivity contribution >= 4 is 28.9 Å². The van der Waals surface area contributed by atoms with Crippen LogP contribution in [-0.4, -0.2) is 32.2 Å². The van der Waals surface area contributed by atoms with Gasteiger partial charge in [0.25, 0.3) is 0 Å². The van der Waals surface area contributed by atoms with Crippen LogP contribution in [-0.2, 0) is 9.53 Å². The second kappa shape index (κ2) is 8.39. The average molecular weight is 325 g/mol. The van der Waals surface area contributed by atoms with Gasteiger partial charge in [0, 0.05) is 19.5 Å². The topological polar surface area (TPSA) is 41.6 Å². The van der Waals surface area contributed by atoms with Crippen molar-refractivity contribution in [3.05, 3.63) is 23.2 Å². The molecule has 1 fully saturated rings. The third-order valence-electron chi connectivity index (χ3n) is 3.90. The minimum Gasteiger partial charge on any atom is -0.378 e. The van der Waals surface area contributed by atoms with Crippen molar-refractivity contribution in [3.8, 4) is 0 Å².